The van der Waals surface area contributed by atoms with Gasteiger partial charge in [0.15, 0.2) is 0 Å². The number of nitrogens with zero attached hydrogens (tertiary/aromatic N) is 1. The Bertz CT molecular complexity index is 161. The predicted octanol–water partition coefficient (Wildman–Crippen LogP) is 0.870. The molecule has 2 saturated heterocycles. The molecule has 2 aliphatic rings. The normalized spacial score (nSPS) is 31.9. The molecule has 82 valence electrons. The van der Waals surface area contributed by atoms with Crippen molar-refractivity contribution in [2.24, 2.45) is 5.92 Å². The van der Waals surface area contributed by atoms with Gasteiger partial charge in [0, 0.05) is 19.3 Å². The molecule has 0 aliphatic carbocycles. The minimum atomic E-state index is 0.370. The monoisotopic (exact) mass is 199 g/mol. The lowest BCUT2D eigenvalue weighted by molar-refractivity contribution is 0.000960. The number of rotatable bonds is 2. The molecule has 0 saturated carbocycles. The molecule has 2 rings (SSSR count). The number of aliphatic hydroxyl groups excluding tert-OH is 1. The Balaban J connectivity index is 1.76. The highest BCUT2D eigenvalue weighted by molar-refractivity contribution is 4.79. The second kappa shape index (κ2) is 5.10. The van der Waals surface area contributed by atoms with E-state index in [1.54, 1.807) is 0 Å². The second-order valence-corrected chi connectivity index (χ2v) is 4.53. The third kappa shape index (κ3) is 2.47. The fourth-order valence-corrected chi connectivity index (χ4v) is 2.51. The maximum absolute atomic E-state index is 9.04. The van der Waals surface area contributed by atoms with Crippen molar-refractivity contribution < 1.29 is 9.84 Å². The molecule has 0 aromatic rings. The zero-order valence-corrected chi connectivity index (χ0v) is 8.82. The number of likely N-dealkylation sites (tertiary alicyclic amines) is 1. The van der Waals surface area contributed by atoms with Gasteiger partial charge in [-0.1, -0.05) is 0 Å². The van der Waals surface area contributed by atoms with Crippen LogP contribution >= 0.6 is 0 Å². The highest BCUT2D eigenvalue weighted by Gasteiger charge is 2.25. The van der Waals surface area contributed by atoms with Crippen LogP contribution < -0.4 is 0 Å². The molecule has 2 aliphatic heterocycles. The van der Waals surface area contributed by atoms with E-state index in [1.807, 2.05) is 0 Å². The highest BCUT2D eigenvalue weighted by atomic mass is 16.5. The van der Waals surface area contributed by atoms with E-state index in [9.17, 15) is 0 Å². The fraction of sp³-hybridized carbons (Fsp3) is 1.00. The van der Waals surface area contributed by atoms with Crippen LogP contribution in [0.2, 0.25) is 0 Å². The topological polar surface area (TPSA) is 32.7 Å². The van der Waals surface area contributed by atoms with Crippen LogP contribution in [0.4, 0.5) is 0 Å². The Morgan fingerprint density at radius 1 is 1.21 bits per heavy atom. The van der Waals surface area contributed by atoms with Crippen LogP contribution in [0, 0.1) is 5.92 Å². The van der Waals surface area contributed by atoms with E-state index in [-0.39, 0.29) is 0 Å². The van der Waals surface area contributed by atoms with Crippen molar-refractivity contribution in [3.05, 3.63) is 0 Å². The maximum atomic E-state index is 9.04. The molecule has 14 heavy (non-hydrogen) atoms. The second-order valence-electron chi connectivity index (χ2n) is 4.53. The van der Waals surface area contributed by atoms with E-state index in [0.717, 1.165) is 39.1 Å². The van der Waals surface area contributed by atoms with Crippen LogP contribution in [0.5, 0.6) is 0 Å². The lowest BCUT2D eigenvalue weighted by Crippen LogP contribution is -2.45. The molecule has 3 heteroatoms. The summed E-state index contributed by atoms with van der Waals surface area (Å²) < 4.78 is 5.50. The summed E-state index contributed by atoms with van der Waals surface area (Å²) in [5.74, 6) is 0.552. The summed E-state index contributed by atoms with van der Waals surface area (Å²) in [6.07, 6.45) is 4.83. The number of piperidine rings is 1. The van der Waals surface area contributed by atoms with Crippen molar-refractivity contribution in [2.75, 3.05) is 32.9 Å². The van der Waals surface area contributed by atoms with E-state index >= 15 is 0 Å². The molecule has 2 heterocycles. The van der Waals surface area contributed by atoms with Gasteiger partial charge in [-0.05, 0) is 44.7 Å². The van der Waals surface area contributed by atoms with E-state index in [1.165, 1.54) is 12.8 Å². The van der Waals surface area contributed by atoms with E-state index in [0.29, 0.717) is 18.6 Å². The van der Waals surface area contributed by atoms with E-state index in [4.69, 9.17) is 9.84 Å². The lowest BCUT2D eigenvalue weighted by Gasteiger charge is -2.38. The van der Waals surface area contributed by atoms with Gasteiger partial charge >= 0.3 is 0 Å². The van der Waals surface area contributed by atoms with Gasteiger partial charge in [-0.3, -0.25) is 4.90 Å². The molecule has 1 unspecified atom stereocenters. The highest BCUT2D eigenvalue weighted by Crippen LogP contribution is 2.21. The van der Waals surface area contributed by atoms with Crippen LogP contribution in [0.25, 0.3) is 0 Å². The first kappa shape index (κ1) is 10.4. The molecular weight excluding hydrogens is 178 g/mol. The Morgan fingerprint density at radius 2 is 2.00 bits per heavy atom. The van der Waals surface area contributed by atoms with Gasteiger partial charge < -0.3 is 9.84 Å². The lowest BCUT2D eigenvalue weighted by atomic mass is 9.95. The van der Waals surface area contributed by atoms with Crippen molar-refractivity contribution in [1.82, 2.24) is 4.90 Å². The number of hydrogen-bond acceptors (Lipinski definition) is 3. The smallest absolute Gasteiger partial charge is 0.0621 e. The van der Waals surface area contributed by atoms with Crippen molar-refractivity contribution in [3.8, 4) is 0 Å². The van der Waals surface area contributed by atoms with Crippen molar-refractivity contribution in [3.63, 3.8) is 0 Å². The Labute approximate surface area is 86.0 Å². The average molecular weight is 199 g/mol. The maximum Gasteiger partial charge on any atom is 0.0621 e. The SMILES string of the molecule is OCC1CCN(C2CCCOC2)CC1. The summed E-state index contributed by atoms with van der Waals surface area (Å²) in [7, 11) is 0. The van der Waals surface area contributed by atoms with Gasteiger partial charge in [-0.15, -0.1) is 0 Å². The number of ether oxygens (including phenoxy) is 1. The quantitative estimate of drug-likeness (QED) is 0.716. The molecular formula is C11H21NO2. The summed E-state index contributed by atoms with van der Waals surface area (Å²) in [5.41, 5.74) is 0. The van der Waals surface area contributed by atoms with Crippen molar-refractivity contribution in [2.45, 2.75) is 31.7 Å². The minimum Gasteiger partial charge on any atom is -0.396 e. The van der Waals surface area contributed by atoms with Crippen molar-refractivity contribution >= 4 is 0 Å². The molecule has 0 radical (unpaired) electrons. The largest absolute Gasteiger partial charge is 0.396 e. The first-order chi connectivity index (χ1) is 6.90. The summed E-state index contributed by atoms with van der Waals surface area (Å²) in [6.45, 7) is 4.54. The summed E-state index contributed by atoms with van der Waals surface area (Å²) in [4.78, 5) is 2.55. The van der Waals surface area contributed by atoms with E-state index in [2.05, 4.69) is 4.90 Å². The van der Waals surface area contributed by atoms with Gasteiger partial charge in [0.2, 0.25) is 0 Å². The third-order valence-corrected chi connectivity index (χ3v) is 3.56. The first-order valence-corrected chi connectivity index (χ1v) is 5.83. The first-order valence-electron chi connectivity index (χ1n) is 5.83. The standard InChI is InChI=1S/C11H21NO2/c13-8-10-3-5-12(6-4-10)11-2-1-7-14-9-11/h10-11,13H,1-9H2. The summed E-state index contributed by atoms with van der Waals surface area (Å²) in [5, 5.41) is 9.04. The molecule has 1 N–H and O–H groups in total. The van der Waals surface area contributed by atoms with Crippen LogP contribution in [0.15, 0.2) is 0 Å². The molecule has 2 fully saturated rings. The Kier molecular flexibility index (Phi) is 3.79. The zero-order valence-electron chi connectivity index (χ0n) is 8.82. The summed E-state index contributed by atoms with van der Waals surface area (Å²) >= 11 is 0. The Morgan fingerprint density at radius 3 is 2.57 bits per heavy atom. The number of aliphatic hydroxyl groups is 1. The van der Waals surface area contributed by atoms with Gasteiger partial charge in [-0.2, -0.15) is 0 Å². The molecule has 0 bridgehead atoms. The molecule has 0 amide bonds. The average Bonchev–Trinajstić information content (AvgIpc) is 2.30. The van der Waals surface area contributed by atoms with Crippen molar-refractivity contribution in [1.29, 1.82) is 0 Å². The van der Waals surface area contributed by atoms with Crippen LogP contribution in [0.1, 0.15) is 25.7 Å². The fourth-order valence-electron chi connectivity index (χ4n) is 2.51. The van der Waals surface area contributed by atoms with Crippen LogP contribution in [0.3, 0.4) is 0 Å². The molecule has 0 aromatic carbocycles. The molecule has 0 aromatic heterocycles. The van der Waals surface area contributed by atoms with Gasteiger partial charge in [-0.25, -0.2) is 0 Å². The van der Waals surface area contributed by atoms with Crippen LogP contribution in [-0.4, -0.2) is 49.0 Å². The Hall–Kier alpha value is -0.120. The molecule has 3 nitrogen and oxygen atoms in total. The zero-order chi connectivity index (χ0) is 9.80. The van der Waals surface area contributed by atoms with Gasteiger partial charge in [0.05, 0.1) is 6.61 Å². The van der Waals surface area contributed by atoms with Gasteiger partial charge in [0.25, 0.3) is 0 Å². The molecule has 0 spiro atoms. The van der Waals surface area contributed by atoms with E-state index < -0.39 is 0 Å². The third-order valence-electron chi connectivity index (χ3n) is 3.56. The van der Waals surface area contributed by atoms with Crippen LogP contribution in [-0.2, 0) is 4.74 Å². The molecule has 1 atom stereocenters. The minimum absolute atomic E-state index is 0.370. The predicted molar refractivity (Wildman–Crippen MR) is 55.2 cm³/mol. The summed E-state index contributed by atoms with van der Waals surface area (Å²) in [6, 6.07) is 0.656. The number of hydrogen-bond donors (Lipinski definition) is 1. The van der Waals surface area contributed by atoms with Gasteiger partial charge in [0.1, 0.15) is 0 Å².